The summed E-state index contributed by atoms with van der Waals surface area (Å²) in [5.41, 5.74) is -0.827. The molecule has 0 aromatic heterocycles. The summed E-state index contributed by atoms with van der Waals surface area (Å²) in [6.07, 6.45) is -5.09. The Morgan fingerprint density at radius 3 is 2.36 bits per heavy atom. The Labute approximate surface area is 169 Å². The number of amides is 1. The fourth-order valence-electron chi connectivity index (χ4n) is 2.49. The van der Waals surface area contributed by atoms with Crippen LogP contribution in [0.1, 0.15) is 23.6 Å². The van der Waals surface area contributed by atoms with Gasteiger partial charge in [0.2, 0.25) is 15.9 Å². The number of sulfonamides is 1. The molecule has 0 aliphatic heterocycles. The molecule has 0 aliphatic rings. The third-order valence-electron chi connectivity index (χ3n) is 3.91. The minimum absolute atomic E-state index is 0.253. The number of halogens is 4. The van der Waals surface area contributed by atoms with Gasteiger partial charge < -0.3 is 4.90 Å². The molecule has 0 heterocycles. The minimum atomic E-state index is -4.84. The molecule has 1 N–H and O–H groups in total. The van der Waals surface area contributed by atoms with Gasteiger partial charge in [-0.2, -0.15) is 13.2 Å². The SMILES string of the molecule is CN(C)C(=O)C[C@H](NS(=O)(=O)c1ccccc1C(F)(F)F)c1cccc(Br)c1. The molecular formula is C18H18BrF3N2O3S. The van der Waals surface area contributed by atoms with Crippen LogP contribution in [0.4, 0.5) is 13.2 Å². The van der Waals surface area contributed by atoms with Crippen LogP contribution in [0.25, 0.3) is 0 Å². The molecule has 0 unspecified atom stereocenters. The van der Waals surface area contributed by atoms with Gasteiger partial charge in [-0.25, -0.2) is 13.1 Å². The maximum Gasteiger partial charge on any atom is 0.417 e. The Hall–Kier alpha value is -1.91. The second-order valence-corrected chi connectivity index (χ2v) is 8.81. The predicted molar refractivity (Wildman–Crippen MR) is 102 cm³/mol. The zero-order chi connectivity index (χ0) is 21.1. The van der Waals surface area contributed by atoms with Crippen LogP contribution in [0, 0.1) is 0 Å². The smallest absolute Gasteiger partial charge is 0.349 e. The van der Waals surface area contributed by atoms with Crippen LogP contribution in [-0.2, 0) is 21.0 Å². The van der Waals surface area contributed by atoms with Gasteiger partial charge >= 0.3 is 6.18 Å². The Morgan fingerprint density at radius 1 is 1.14 bits per heavy atom. The molecule has 2 rings (SSSR count). The van der Waals surface area contributed by atoms with Crippen molar-refractivity contribution >= 4 is 31.9 Å². The lowest BCUT2D eigenvalue weighted by molar-refractivity contribution is -0.140. The number of nitrogens with one attached hydrogen (secondary N) is 1. The first-order valence-corrected chi connectivity index (χ1v) is 10.3. The second-order valence-electron chi connectivity index (χ2n) is 6.22. The molecular weight excluding hydrogens is 461 g/mol. The van der Waals surface area contributed by atoms with E-state index in [0.717, 1.165) is 12.1 Å². The number of rotatable bonds is 6. The highest BCUT2D eigenvalue weighted by Gasteiger charge is 2.37. The van der Waals surface area contributed by atoms with Crippen molar-refractivity contribution in [3.05, 3.63) is 64.1 Å². The standard InChI is InChI=1S/C18H18BrF3N2O3S/c1-24(2)17(25)11-15(12-6-5-7-13(19)10-12)23-28(26,27)16-9-4-3-8-14(16)18(20,21)22/h3-10,15,23H,11H2,1-2H3/t15-/m0/s1. The fraction of sp³-hybridized carbons (Fsp3) is 0.278. The topological polar surface area (TPSA) is 66.5 Å². The molecule has 10 heteroatoms. The molecule has 0 bridgehead atoms. The summed E-state index contributed by atoms with van der Waals surface area (Å²) in [5, 5.41) is 0. The molecule has 0 aliphatic carbocycles. The van der Waals surface area contributed by atoms with E-state index in [0.29, 0.717) is 16.1 Å². The quantitative estimate of drug-likeness (QED) is 0.682. The van der Waals surface area contributed by atoms with Gasteiger partial charge in [-0.05, 0) is 29.8 Å². The van der Waals surface area contributed by atoms with Crippen molar-refractivity contribution in [1.29, 1.82) is 0 Å². The van der Waals surface area contributed by atoms with Crippen molar-refractivity contribution in [2.75, 3.05) is 14.1 Å². The van der Waals surface area contributed by atoms with Gasteiger partial charge in [0.05, 0.1) is 16.5 Å². The normalized spacial score (nSPS) is 13.2. The lowest BCUT2D eigenvalue weighted by atomic mass is 10.0. The first-order chi connectivity index (χ1) is 12.9. The molecule has 1 amide bonds. The summed E-state index contributed by atoms with van der Waals surface area (Å²) in [6, 6.07) is 9.42. The van der Waals surface area contributed by atoms with Crippen LogP contribution >= 0.6 is 15.9 Å². The summed E-state index contributed by atoms with van der Waals surface area (Å²) in [6.45, 7) is 0. The van der Waals surface area contributed by atoms with Crippen molar-refractivity contribution in [3.8, 4) is 0 Å². The highest BCUT2D eigenvalue weighted by atomic mass is 79.9. The lowest BCUT2D eigenvalue weighted by Gasteiger charge is -2.22. The molecule has 2 aromatic rings. The second kappa shape index (κ2) is 8.62. The van der Waals surface area contributed by atoms with Crippen molar-refractivity contribution in [2.24, 2.45) is 0 Å². The van der Waals surface area contributed by atoms with E-state index >= 15 is 0 Å². The summed E-state index contributed by atoms with van der Waals surface area (Å²) in [7, 11) is -1.55. The van der Waals surface area contributed by atoms with Crippen molar-refractivity contribution < 1.29 is 26.4 Å². The molecule has 5 nitrogen and oxygen atoms in total. The van der Waals surface area contributed by atoms with Gasteiger partial charge in [-0.15, -0.1) is 0 Å². The van der Waals surface area contributed by atoms with Crippen molar-refractivity contribution in [3.63, 3.8) is 0 Å². The summed E-state index contributed by atoms with van der Waals surface area (Å²) in [4.78, 5) is 12.6. The first-order valence-electron chi connectivity index (χ1n) is 8.06. The van der Waals surface area contributed by atoms with E-state index < -0.39 is 32.7 Å². The maximum absolute atomic E-state index is 13.2. The van der Waals surface area contributed by atoms with Gasteiger partial charge in [0.1, 0.15) is 0 Å². The first kappa shape index (κ1) is 22.4. The lowest BCUT2D eigenvalue weighted by Crippen LogP contribution is -2.34. The van der Waals surface area contributed by atoms with Crippen LogP contribution in [-0.4, -0.2) is 33.3 Å². The summed E-state index contributed by atoms with van der Waals surface area (Å²) in [5.74, 6) is -0.378. The Morgan fingerprint density at radius 2 is 1.79 bits per heavy atom. The monoisotopic (exact) mass is 478 g/mol. The average molecular weight is 479 g/mol. The fourth-order valence-corrected chi connectivity index (χ4v) is 4.36. The van der Waals surface area contributed by atoms with Gasteiger partial charge in [-0.1, -0.05) is 40.2 Å². The molecule has 28 heavy (non-hydrogen) atoms. The number of hydrogen-bond acceptors (Lipinski definition) is 3. The van der Waals surface area contributed by atoms with E-state index in [9.17, 15) is 26.4 Å². The van der Waals surface area contributed by atoms with Crippen LogP contribution in [0.15, 0.2) is 57.9 Å². The molecule has 2 aromatic carbocycles. The zero-order valence-corrected chi connectivity index (χ0v) is 17.4. The maximum atomic E-state index is 13.2. The zero-order valence-electron chi connectivity index (χ0n) is 15.0. The molecule has 0 saturated heterocycles. The van der Waals surface area contributed by atoms with E-state index in [-0.39, 0.29) is 12.3 Å². The number of hydrogen-bond donors (Lipinski definition) is 1. The van der Waals surface area contributed by atoms with E-state index in [1.807, 2.05) is 0 Å². The Kier molecular flexibility index (Phi) is 6.89. The van der Waals surface area contributed by atoms with Crippen LogP contribution in [0.5, 0.6) is 0 Å². The van der Waals surface area contributed by atoms with E-state index in [1.165, 1.54) is 25.1 Å². The third-order valence-corrected chi connectivity index (χ3v) is 5.93. The summed E-state index contributed by atoms with van der Waals surface area (Å²) < 4.78 is 68.2. The highest BCUT2D eigenvalue weighted by Crippen LogP contribution is 2.34. The molecule has 0 fully saturated rings. The summed E-state index contributed by atoms with van der Waals surface area (Å²) >= 11 is 3.27. The van der Waals surface area contributed by atoms with Crippen molar-refractivity contribution in [1.82, 2.24) is 9.62 Å². The molecule has 152 valence electrons. The van der Waals surface area contributed by atoms with Gasteiger partial charge in [0, 0.05) is 25.0 Å². The Balaban J connectivity index is 2.47. The number of alkyl halides is 3. The molecule has 0 radical (unpaired) electrons. The molecule has 0 spiro atoms. The largest absolute Gasteiger partial charge is 0.417 e. The van der Waals surface area contributed by atoms with Gasteiger partial charge in [0.25, 0.3) is 0 Å². The van der Waals surface area contributed by atoms with E-state index in [4.69, 9.17) is 0 Å². The molecule has 0 saturated carbocycles. The van der Waals surface area contributed by atoms with Gasteiger partial charge in [-0.3, -0.25) is 4.79 Å². The van der Waals surface area contributed by atoms with E-state index in [2.05, 4.69) is 20.7 Å². The molecule has 1 atom stereocenters. The number of nitrogens with zero attached hydrogens (tertiary/aromatic N) is 1. The average Bonchev–Trinajstić information content (AvgIpc) is 2.60. The predicted octanol–water partition coefficient (Wildman–Crippen LogP) is 3.97. The number of benzene rings is 2. The van der Waals surface area contributed by atoms with Gasteiger partial charge in [0.15, 0.2) is 0 Å². The van der Waals surface area contributed by atoms with Crippen molar-refractivity contribution in [2.45, 2.75) is 23.5 Å². The van der Waals surface area contributed by atoms with Crippen LogP contribution in [0.2, 0.25) is 0 Å². The van der Waals surface area contributed by atoms with Crippen LogP contribution < -0.4 is 4.72 Å². The van der Waals surface area contributed by atoms with E-state index in [1.54, 1.807) is 24.3 Å². The van der Waals surface area contributed by atoms with Crippen LogP contribution in [0.3, 0.4) is 0 Å². The number of carbonyl (C=O) groups is 1. The Bertz CT molecular complexity index is 963. The minimum Gasteiger partial charge on any atom is -0.349 e. The number of carbonyl (C=O) groups excluding carboxylic acids is 1. The third kappa shape index (κ3) is 5.55. The highest BCUT2D eigenvalue weighted by molar-refractivity contribution is 9.10.